The van der Waals surface area contributed by atoms with E-state index in [1.54, 1.807) is 24.9 Å². The number of hydrogen-bond acceptors (Lipinski definition) is 5. The molecule has 0 N–H and O–H groups in total. The number of carbonyl (C=O) groups excluding carboxylic acids is 1. The largest absolute Gasteiger partial charge is 0.338 e. The van der Waals surface area contributed by atoms with Crippen molar-refractivity contribution in [1.82, 2.24) is 29.4 Å². The minimum absolute atomic E-state index is 0.0187. The van der Waals surface area contributed by atoms with Gasteiger partial charge in [-0.05, 0) is 38.0 Å². The number of aryl methyl sites for hydroxylation is 1. The van der Waals surface area contributed by atoms with Gasteiger partial charge in [-0.3, -0.25) is 9.36 Å². The molecular formula is C19H20N6O. The van der Waals surface area contributed by atoms with Crippen LogP contribution in [0.1, 0.15) is 40.6 Å². The van der Waals surface area contributed by atoms with Crippen LogP contribution >= 0.6 is 0 Å². The summed E-state index contributed by atoms with van der Waals surface area (Å²) in [5.74, 6) is 1.79. The summed E-state index contributed by atoms with van der Waals surface area (Å²) in [6.45, 7) is 3.34. The lowest BCUT2D eigenvalue weighted by atomic mass is 9.94. The zero-order chi connectivity index (χ0) is 17.9. The van der Waals surface area contributed by atoms with E-state index in [2.05, 4.69) is 19.9 Å². The first-order chi connectivity index (χ1) is 12.7. The summed E-state index contributed by atoms with van der Waals surface area (Å²) in [6, 6.07) is 5.61. The first kappa shape index (κ1) is 16.4. The molecule has 7 nitrogen and oxygen atoms in total. The highest BCUT2D eigenvalue weighted by atomic mass is 16.2. The van der Waals surface area contributed by atoms with Crippen LogP contribution in [-0.4, -0.2) is 48.4 Å². The third-order valence-electron chi connectivity index (χ3n) is 4.69. The fourth-order valence-electron chi connectivity index (χ4n) is 3.35. The van der Waals surface area contributed by atoms with E-state index in [9.17, 15) is 4.79 Å². The maximum absolute atomic E-state index is 12.9. The van der Waals surface area contributed by atoms with Gasteiger partial charge in [0.1, 0.15) is 18.0 Å². The molecule has 0 saturated carbocycles. The second kappa shape index (κ2) is 7.03. The van der Waals surface area contributed by atoms with E-state index in [4.69, 9.17) is 0 Å². The topological polar surface area (TPSA) is 76.8 Å². The van der Waals surface area contributed by atoms with Gasteiger partial charge in [0, 0.05) is 49.5 Å². The Hall–Kier alpha value is -3.09. The Bertz CT molecular complexity index is 891. The Kier molecular flexibility index (Phi) is 4.43. The maximum atomic E-state index is 12.9. The van der Waals surface area contributed by atoms with E-state index in [0.29, 0.717) is 12.1 Å². The molecule has 0 aromatic carbocycles. The molecule has 0 radical (unpaired) electrons. The van der Waals surface area contributed by atoms with Gasteiger partial charge >= 0.3 is 0 Å². The molecule has 1 amide bonds. The van der Waals surface area contributed by atoms with Crippen LogP contribution in [0.3, 0.4) is 0 Å². The van der Waals surface area contributed by atoms with E-state index >= 15 is 0 Å². The quantitative estimate of drug-likeness (QED) is 0.726. The molecule has 1 unspecified atom stereocenters. The van der Waals surface area contributed by atoms with Gasteiger partial charge in [0.2, 0.25) is 0 Å². The smallest absolute Gasteiger partial charge is 0.255 e. The van der Waals surface area contributed by atoms with E-state index in [1.165, 1.54) is 0 Å². The predicted octanol–water partition coefficient (Wildman–Crippen LogP) is 2.39. The van der Waals surface area contributed by atoms with Gasteiger partial charge in [0.25, 0.3) is 5.91 Å². The lowest BCUT2D eigenvalue weighted by molar-refractivity contribution is 0.0705. The first-order valence-corrected chi connectivity index (χ1v) is 8.74. The molecule has 1 saturated heterocycles. The molecule has 7 heteroatoms. The highest BCUT2D eigenvalue weighted by Crippen LogP contribution is 2.26. The number of hydrogen-bond donors (Lipinski definition) is 0. The summed E-state index contributed by atoms with van der Waals surface area (Å²) in [6.07, 6.45) is 10.6. The molecule has 0 bridgehead atoms. The van der Waals surface area contributed by atoms with Gasteiger partial charge in [0.15, 0.2) is 0 Å². The Labute approximate surface area is 151 Å². The Morgan fingerprint density at radius 3 is 2.85 bits per heavy atom. The number of pyridine rings is 1. The van der Waals surface area contributed by atoms with E-state index in [1.807, 2.05) is 40.8 Å². The van der Waals surface area contributed by atoms with E-state index in [-0.39, 0.29) is 11.8 Å². The Morgan fingerprint density at radius 2 is 2.12 bits per heavy atom. The van der Waals surface area contributed by atoms with Crippen molar-refractivity contribution in [2.75, 3.05) is 13.1 Å². The van der Waals surface area contributed by atoms with Gasteiger partial charge in [-0.15, -0.1) is 0 Å². The van der Waals surface area contributed by atoms with Gasteiger partial charge in [0.05, 0.1) is 5.56 Å². The average molecular weight is 348 g/mol. The summed E-state index contributed by atoms with van der Waals surface area (Å²) in [7, 11) is 0. The third kappa shape index (κ3) is 3.33. The van der Waals surface area contributed by atoms with Crippen LogP contribution in [0.25, 0.3) is 5.82 Å². The lowest BCUT2D eigenvalue weighted by Gasteiger charge is -2.32. The number of likely N-dealkylation sites (tertiary alicyclic amines) is 1. The zero-order valence-electron chi connectivity index (χ0n) is 14.6. The molecule has 1 atom stereocenters. The van der Waals surface area contributed by atoms with Crippen molar-refractivity contribution in [1.29, 1.82) is 0 Å². The molecule has 0 aliphatic carbocycles. The van der Waals surface area contributed by atoms with Gasteiger partial charge < -0.3 is 4.90 Å². The monoisotopic (exact) mass is 348 g/mol. The zero-order valence-corrected chi connectivity index (χ0v) is 14.6. The summed E-state index contributed by atoms with van der Waals surface area (Å²) < 4.78 is 1.81. The molecule has 0 spiro atoms. The Balaban J connectivity index is 1.49. The summed E-state index contributed by atoms with van der Waals surface area (Å²) in [4.78, 5) is 31.9. The fraction of sp³-hybridized carbons (Fsp3) is 0.316. The standard InChI is InChI=1S/C19H20N6O/c1-14-21-7-6-17(23-14)16-3-2-9-24(12-16)19(26)15-4-5-18(22-11-15)25-10-8-20-13-25/h4-8,10-11,13,16H,2-3,9,12H2,1H3. The number of rotatable bonds is 3. The SMILES string of the molecule is Cc1nccc(C2CCCN(C(=O)c3ccc(-n4ccnc4)nc3)C2)n1. The van der Waals surface area contributed by atoms with E-state index < -0.39 is 0 Å². The number of piperidine rings is 1. The van der Waals surface area contributed by atoms with Crippen LogP contribution < -0.4 is 0 Å². The number of amides is 1. The van der Waals surface area contributed by atoms with Crippen LogP contribution in [-0.2, 0) is 0 Å². The highest BCUT2D eigenvalue weighted by Gasteiger charge is 2.26. The molecule has 1 aliphatic rings. The van der Waals surface area contributed by atoms with Crippen molar-refractivity contribution >= 4 is 5.91 Å². The highest BCUT2D eigenvalue weighted by molar-refractivity contribution is 5.94. The van der Waals surface area contributed by atoms with Crippen molar-refractivity contribution in [3.05, 3.63) is 66.4 Å². The molecule has 1 fully saturated rings. The summed E-state index contributed by atoms with van der Waals surface area (Å²) in [5, 5.41) is 0. The van der Waals surface area contributed by atoms with Crippen molar-refractivity contribution < 1.29 is 4.79 Å². The van der Waals surface area contributed by atoms with Crippen molar-refractivity contribution in [3.8, 4) is 5.82 Å². The van der Waals surface area contributed by atoms with Crippen LogP contribution in [0.5, 0.6) is 0 Å². The van der Waals surface area contributed by atoms with Crippen molar-refractivity contribution in [3.63, 3.8) is 0 Å². The summed E-state index contributed by atoms with van der Waals surface area (Å²) >= 11 is 0. The lowest BCUT2D eigenvalue weighted by Crippen LogP contribution is -2.39. The molecule has 3 aromatic heterocycles. The van der Waals surface area contributed by atoms with Gasteiger partial charge in [-0.2, -0.15) is 0 Å². The molecule has 1 aliphatic heterocycles. The van der Waals surface area contributed by atoms with Crippen LogP contribution in [0.15, 0.2) is 49.3 Å². The Morgan fingerprint density at radius 1 is 1.19 bits per heavy atom. The minimum Gasteiger partial charge on any atom is -0.338 e. The second-order valence-corrected chi connectivity index (χ2v) is 6.49. The van der Waals surface area contributed by atoms with Crippen LogP contribution in [0.4, 0.5) is 0 Å². The number of aromatic nitrogens is 5. The van der Waals surface area contributed by atoms with Gasteiger partial charge in [-0.1, -0.05) is 0 Å². The van der Waals surface area contributed by atoms with E-state index in [0.717, 1.165) is 36.7 Å². The van der Waals surface area contributed by atoms with Crippen LogP contribution in [0.2, 0.25) is 0 Å². The molecule has 132 valence electrons. The van der Waals surface area contributed by atoms with Gasteiger partial charge in [-0.25, -0.2) is 19.9 Å². The number of imidazole rings is 1. The molecule has 4 rings (SSSR count). The average Bonchev–Trinajstić information content (AvgIpc) is 3.22. The summed E-state index contributed by atoms with van der Waals surface area (Å²) in [5.41, 5.74) is 1.62. The normalized spacial score (nSPS) is 17.3. The van der Waals surface area contributed by atoms with Crippen molar-refractivity contribution in [2.24, 2.45) is 0 Å². The number of nitrogens with zero attached hydrogens (tertiary/aromatic N) is 6. The second-order valence-electron chi connectivity index (χ2n) is 6.49. The van der Waals surface area contributed by atoms with Crippen LogP contribution in [0, 0.1) is 6.92 Å². The predicted molar refractivity (Wildman–Crippen MR) is 96.0 cm³/mol. The van der Waals surface area contributed by atoms with Crippen molar-refractivity contribution in [2.45, 2.75) is 25.7 Å². The molecule has 26 heavy (non-hydrogen) atoms. The molecule has 3 aromatic rings. The fourth-order valence-corrected chi connectivity index (χ4v) is 3.35. The molecular weight excluding hydrogens is 328 g/mol. The number of carbonyl (C=O) groups is 1. The third-order valence-corrected chi connectivity index (χ3v) is 4.69. The first-order valence-electron chi connectivity index (χ1n) is 8.74. The minimum atomic E-state index is 0.0187. The maximum Gasteiger partial charge on any atom is 0.255 e. The molecule has 4 heterocycles.